The van der Waals surface area contributed by atoms with Gasteiger partial charge in [-0.1, -0.05) is 24.3 Å². The minimum atomic E-state index is -3.35. The molecular formula is C21H25N3O4S. The quantitative estimate of drug-likeness (QED) is 0.757. The van der Waals surface area contributed by atoms with E-state index >= 15 is 0 Å². The van der Waals surface area contributed by atoms with Crippen LogP contribution in [0, 0.1) is 5.92 Å². The summed E-state index contributed by atoms with van der Waals surface area (Å²) in [7, 11) is -3.35. The zero-order valence-corrected chi connectivity index (χ0v) is 17.2. The fourth-order valence-electron chi connectivity index (χ4n) is 3.46. The van der Waals surface area contributed by atoms with Crippen molar-refractivity contribution in [2.75, 3.05) is 29.4 Å². The van der Waals surface area contributed by atoms with Gasteiger partial charge in [0.1, 0.15) is 5.75 Å². The van der Waals surface area contributed by atoms with Crippen LogP contribution in [-0.4, -0.2) is 38.8 Å². The Balaban J connectivity index is 1.45. The second kappa shape index (κ2) is 7.94. The van der Waals surface area contributed by atoms with E-state index in [9.17, 15) is 13.2 Å². The number of carbonyl (C=O) groups excluding carboxylic acids is 1. The summed E-state index contributed by atoms with van der Waals surface area (Å²) in [6.45, 7) is 1.61. The Morgan fingerprint density at radius 2 is 1.90 bits per heavy atom. The molecule has 1 fully saturated rings. The first-order chi connectivity index (χ1) is 13.9. The summed E-state index contributed by atoms with van der Waals surface area (Å²) in [5, 5.41) is 2.96. The van der Waals surface area contributed by atoms with Crippen molar-refractivity contribution in [3.05, 3.63) is 53.6 Å². The maximum atomic E-state index is 12.8. The molecule has 8 heteroatoms. The second-order valence-electron chi connectivity index (χ2n) is 7.67. The zero-order valence-electron chi connectivity index (χ0n) is 16.3. The average Bonchev–Trinajstić information content (AvgIpc) is 3.50. The van der Waals surface area contributed by atoms with Crippen LogP contribution in [0.15, 0.2) is 42.5 Å². The lowest BCUT2D eigenvalue weighted by atomic mass is 9.98. The Morgan fingerprint density at radius 1 is 1.14 bits per heavy atom. The number of carbonyl (C=O) groups is 1. The van der Waals surface area contributed by atoms with Gasteiger partial charge < -0.3 is 15.0 Å². The molecule has 1 heterocycles. The van der Waals surface area contributed by atoms with Gasteiger partial charge in [-0.2, -0.15) is 0 Å². The molecule has 154 valence electrons. The van der Waals surface area contributed by atoms with Gasteiger partial charge in [-0.05, 0) is 54.5 Å². The minimum Gasteiger partial charge on any atom is -0.491 e. The molecule has 2 aliphatic rings. The first-order valence-electron chi connectivity index (χ1n) is 9.75. The highest BCUT2D eigenvalue weighted by molar-refractivity contribution is 7.92. The molecule has 0 aromatic heterocycles. The fourth-order valence-corrected chi connectivity index (χ4v) is 4.05. The molecule has 2 amide bonds. The predicted molar refractivity (Wildman–Crippen MR) is 113 cm³/mol. The van der Waals surface area contributed by atoms with Gasteiger partial charge in [-0.15, -0.1) is 0 Å². The van der Waals surface area contributed by atoms with Crippen LogP contribution in [-0.2, 0) is 23.0 Å². The van der Waals surface area contributed by atoms with Crippen molar-refractivity contribution in [3.8, 4) is 5.75 Å². The van der Waals surface area contributed by atoms with E-state index in [1.54, 1.807) is 17.0 Å². The molecule has 0 unspecified atom stereocenters. The van der Waals surface area contributed by atoms with Gasteiger partial charge in [-0.3, -0.25) is 4.72 Å². The van der Waals surface area contributed by atoms with E-state index < -0.39 is 10.0 Å². The number of sulfonamides is 1. The van der Waals surface area contributed by atoms with E-state index in [2.05, 4.69) is 10.0 Å². The maximum Gasteiger partial charge on any atom is 0.322 e. The SMILES string of the molecule is CS(=O)(=O)Nc1cccc2c1CCN(C(=O)Nc1ccccc1OCC1CC1)C2. The molecule has 0 radical (unpaired) electrons. The first-order valence-corrected chi connectivity index (χ1v) is 11.6. The summed E-state index contributed by atoms with van der Waals surface area (Å²) < 4.78 is 31.6. The van der Waals surface area contributed by atoms with Crippen LogP contribution < -0.4 is 14.8 Å². The molecule has 1 aliphatic heterocycles. The van der Waals surface area contributed by atoms with E-state index in [1.165, 1.54) is 12.8 Å². The number of amides is 2. The number of ether oxygens (including phenoxy) is 1. The van der Waals surface area contributed by atoms with Gasteiger partial charge in [0.25, 0.3) is 0 Å². The third kappa shape index (κ3) is 5.00. The fraction of sp³-hybridized carbons (Fsp3) is 0.381. The molecule has 0 atom stereocenters. The third-order valence-electron chi connectivity index (χ3n) is 5.15. The molecule has 2 N–H and O–H groups in total. The lowest BCUT2D eigenvalue weighted by molar-refractivity contribution is 0.206. The summed E-state index contributed by atoms with van der Waals surface area (Å²) >= 11 is 0. The Morgan fingerprint density at radius 3 is 2.66 bits per heavy atom. The Labute approximate surface area is 171 Å². The number of rotatable bonds is 6. The zero-order chi connectivity index (χ0) is 20.4. The lowest BCUT2D eigenvalue weighted by Gasteiger charge is -2.30. The number of anilines is 2. The third-order valence-corrected chi connectivity index (χ3v) is 5.74. The molecule has 29 heavy (non-hydrogen) atoms. The van der Waals surface area contributed by atoms with Gasteiger partial charge in [0, 0.05) is 13.1 Å². The number of nitrogens with one attached hydrogen (secondary N) is 2. The van der Waals surface area contributed by atoms with Crippen molar-refractivity contribution in [3.63, 3.8) is 0 Å². The van der Waals surface area contributed by atoms with Gasteiger partial charge >= 0.3 is 6.03 Å². The summed E-state index contributed by atoms with van der Waals surface area (Å²) in [4.78, 5) is 14.6. The van der Waals surface area contributed by atoms with Gasteiger partial charge in [-0.25, -0.2) is 13.2 Å². The highest BCUT2D eigenvalue weighted by atomic mass is 32.2. The van der Waals surface area contributed by atoms with Crippen LogP contribution in [0.5, 0.6) is 5.75 Å². The highest BCUT2D eigenvalue weighted by Crippen LogP contribution is 2.32. The van der Waals surface area contributed by atoms with Crippen molar-refractivity contribution in [2.24, 2.45) is 5.92 Å². The van der Waals surface area contributed by atoms with E-state index in [4.69, 9.17) is 4.74 Å². The van der Waals surface area contributed by atoms with Gasteiger partial charge in [0.15, 0.2) is 0 Å². The Kier molecular flexibility index (Phi) is 5.36. The summed E-state index contributed by atoms with van der Waals surface area (Å²) in [5.74, 6) is 1.32. The van der Waals surface area contributed by atoms with Gasteiger partial charge in [0.2, 0.25) is 10.0 Å². The van der Waals surface area contributed by atoms with Crippen LogP contribution in [0.2, 0.25) is 0 Å². The lowest BCUT2D eigenvalue weighted by Crippen LogP contribution is -2.39. The van der Waals surface area contributed by atoms with Crippen LogP contribution in [0.3, 0.4) is 0 Å². The van der Waals surface area contributed by atoms with Crippen molar-refractivity contribution >= 4 is 27.4 Å². The molecular weight excluding hydrogens is 390 g/mol. The molecule has 2 aromatic carbocycles. The monoisotopic (exact) mass is 415 g/mol. The van der Waals surface area contributed by atoms with Crippen LogP contribution in [0.1, 0.15) is 24.0 Å². The van der Waals surface area contributed by atoms with Crippen molar-refractivity contribution in [1.29, 1.82) is 0 Å². The second-order valence-corrected chi connectivity index (χ2v) is 9.42. The smallest absolute Gasteiger partial charge is 0.322 e. The molecule has 1 saturated carbocycles. The van der Waals surface area contributed by atoms with Gasteiger partial charge in [0.05, 0.1) is 24.2 Å². The maximum absolute atomic E-state index is 12.8. The van der Waals surface area contributed by atoms with Crippen molar-refractivity contribution < 1.29 is 17.9 Å². The Hall–Kier alpha value is -2.74. The van der Waals surface area contributed by atoms with Crippen molar-refractivity contribution in [1.82, 2.24) is 4.90 Å². The Bertz CT molecular complexity index is 1020. The van der Waals surface area contributed by atoms with E-state index in [0.29, 0.717) is 49.2 Å². The molecule has 0 saturated heterocycles. The molecule has 2 aromatic rings. The minimum absolute atomic E-state index is 0.195. The summed E-state index contributed by atoms with van der Waals surface area (Å²) in [5.41, 5.74) is 3.13. The number of fused-ring (bicyclic) bond motifs is 1. The average molecular weight is 416 g/mol. The predicted octanol–water partition coefficient (Wildman–Crippen LogP) is 3.44. The highest BCUT2D eigenvalue weighted by Gasteiger charge is 2.25. The normalized spacial score (nSPS) is 16.1. The number of urea groups is 1. The topological polar surface area (TPSA) is 87.7 Å². The van der Waals surface area contributed by atoms with Crippen LogP contribution >= 0.6 is 0 Å². The summed E-state index contributed by atoms with van der Waals surface area (Å²) in [6.07, 6.45) is 4.13. The van der Waals surface area contributed by atoms with Crippen molar-refractivity contribution in [2.45, 2.75) is 25.8 Å². The molecule has 1 aliphatic carbocycles. The first kappa shape index (κ1) is 19.6. The van der Waals surface area contributed by atoms with E-state index in [0.717, 1.165) is 17.4 Å². The number of hydrogen-bond donors (Lipinski definition) is 2. The largest absolute Gasteiger partial charge is 0.491 e. The molecule has 0 spiro atoms. The molecule has 7 nitrogen and oxygen atoms in total. The van der Waals surface area contributed by atoms with Crippen LogP contribution in [0.25, 0.3) is 0 Å². The number of para-hydroxylation sites is 2. The number of hydrogen-bond acceptors (Lipinski definition) is 4. The molecule has 0 bridgehead atoms. The standard InChI is InChI=1S/C21H25N3O4S/c1-29(26,27)23-18-7-4-5-16-13-24(12-11-17(16)18)21(25)22-19-6-2-3-8-20(19)28-14-15-9-10-15/h2-8,15,23H,9-14H2,1H3,(H,22,25). The van der Waals surface area contributed by atoms with Crippen LogP contribution in [0.4, 0.5) is 16.2 Å². The summed E-state index contributed by atoms with van der Waals surface area (Å²) in [6, 6.07) is 12.8. The number of benzene rings is 2. The van der Waals surface area contributed by atoms with E-state index in [1.807, 2.05) is 30.3 Å². The number of nitrogens with zero attached hydrogens (tertiary/aromatic N) is 1. The van der Waals surface area contributed by atoms with E-state index in [-0.39, 0.29) is 6.03 Å². The molecule has 4 rings (SSSR count).